The summed E-state index contributed by atoms with van der Waals surface area (Å²) in [6.45, 7) is 2.00. The lowest BCUT2D eigenvalue weighted by atomic mass is 10.1. The molecule has 0 aliphatic rings. The smallest absolute Gasteiger partial charge is 0.374 e. The van der Waals surface area contributed by atoms with Gasteiger partial charge in [-0.1, -0.05) is 11.6 Å². The van der Waals surface area contributed by atoms with Crippen molar-refractivity contribution in [3.63, 3.8) is 0 Å². The number of nitro benzene ring substituents is 1. The van der Waals surface area contributed by atoms with Crippen LogP contribution < -0.4 is 5.32 Å². The highest BCUT2D eigenvalue weighted by Gasteiger charge is 2.36. The molecule has 22 heavy (non-hydrogen) atoms. The molecule has 1 heterocycles. The van der Waals surface area contributed by atoms with Gasteiger partial charge in [-0.05, 0) is 13.0 Å². The Labute approximate surface area is 131 Å². The normalized spacial score (nSPS) is 11.5. The molecule has 2 aromatic rings. The number of aromatic nitrogens is 1. The number of anilines is 1. The molecule has 0 aliphatic carbocycles. The Morgan fingerprint density at radius 1 is 1.45 bits per heavy atom. The van der Waals surface area contributed by atoms with Gasteiger partial charge in [0.2, 0.25) is 0 Å². The summed E-state index contributed by atoms with van der Waals surface area (Å²) in [6.07, 6.45) is -3.17. The van der Waals surface area contributed by atoms with E-state index in [0.717, 1.165) is 16.0 Å². The van der Waals surface area contributed by atoms with Gasteiger partial charge in [0.15, 0.2) is 0 Å². The van der Waals surface area contributed by atoms with Gasteiger partial charge in [0.1, 0.15) is 5.69 Å². The van der Waals surface area contributed by atoms with E-state index in [1.54, 1.807) is 13.1 Å². The van der Waals surface area contributed by atoms with Crippen LogP contribution in [0.2, 0.25) is 5.02 Å². The molecular weight excluding hydrogens is 343 g/mol. The van der Waals surface area contributed by atoms with Gasteiger partial charge in [-0.2, -0.15) is 13.2 Å². The molecule has 0 bridgehead atoms. The van der Waals surface area contributed by atoms with Crippen molar-refractivity contribution in [1.29, 1.82) is 0 Å². The number of benzene rings is 1. The summed E-state index contributed by atoms with van der Waals surface area (Å²) in [4.78, 5) is 14.9. The second kappa shape index (κ2) is 6.09. The molecule has 1 N–H and O–H groups in total. The Balaban J connectivity index is 2.34. The zero-order chi connectivity index (χ0) is 16.5. The Hall–Kier alpha value is -1.87. The maximum absolute atomic E-state index is 12.7. The highest BCUT2D eigenvalue weighted by atomic mass is 35.5. The minimum atomic E-state index is -4.75. The lowest BCUT2D eigenvalue weighted by Crippen LogP contribution is -2.09. The van der Waals surface area contributed by atoms with E-state index in [1.807, 2.05) is 0 Å². The van der Waals surface area contributed by atoms with E-state index in [-0.39, 0.29) is 12.2 Å². The van der Waals surface area contributed by atoms with Crippen LogP contribution in [0.4, 0.5) is 24.5 Å². The number of thiazole rings is 1. The van der Waals surface area contributed by atoms with E-state index in [2.05, 4.69) is 10.3 Å². The molecule has 0 saturated heterocycles. The fourth-order valence-electron chi connectivity index (χ4n) is 1.74. The maximum Gasteiger partial charge on any atom is 0.418 e. The van der Waals surface area contributed by atoms with Crippen molar-refractivity contribution < 1.29 is 18.1 Å². The summed E-state index contributed by atoms with van der Waals surface area (Å²) < 4.78 is 38.2. The van der Waals surface area contributed by atoms with Crippen LogP contribution in [0, 0.1) is 17.0 Å². The molecule has 10 heteroatoms. The van der Waals surface area contributed by atoms with Gasteiger partial charge >= 0.3 is 6.18 Å². The van der Waals surface area contributed by atoms with E-state index >= 15 is 0 Å². The van der Waals surface area contributed by atoms with Crippen LogP contribution in [0.15, 0.2) is 18.3 Å². The molecule has 118 valence electrons. The highest BCUT2D eigenvalue weighted by Crippen LogP contribution is 2.40. The third-order valence-electron chi connectivity index (χ3n) is 2.71. The molecule has 0 radical (unpaired) electrons. The average molecular weight is 352 g/mol. The molecule has 0 amide bonds. The monoisotopic (exact) mass is 351 g/mol. The van der Waals surface area contributed by atoms with Gasteiger partial charge < -0.3 is 5.32 Å². The molecule has 0 unspecified atom stereocenters. The van der Waals surface area contributed by atoms with Gasteiger partial charge in [-0.15, -0.1) is 11.3 Å². The molecule has 0 spiro atoms. The standard InChI is InChI=1S/C12H9ClF3N3O2S/c1-6-17-4-7(22-6)5-18-10-3-9(13)8(12(14,15)16)2-11(10)19(20)21/h2-4,18H,5H2,1H3. The number of nitrogens with one attached hydrogen (secondary N) is 1. The molecule has 0 atom stereocenters. The first-order valence-electron chi connectivity index (χ1n) is 5.89. The summed E-state index contributed by atoms with van der Waals surface area (Å²) in [6, 6.07) is 1.35. The van der Waals surface area contributed by atoms with E-state index in [9.17, 15) is 23.3 Å². The van der Waals surface area contributed by atoms with Gasteiger partial charge in [-0.3, -0.25) is 10.1 Å². The quantitative estimate of drug-likeness (QED) is 0.643. The lowest BCUT2D eigenvalue weighted by Gasteiger charge is -2.12. The average Bonchev–Trinajstić information content (AvgIpc) is 2.80. The molecule has 5 nitrogen and oxygen atoms in total. The van der Waals surface area contributed by atoms with Crippen LogP contribution in [0.25, 0.3) is 0 Å². The minimum absolute atomic E-state index is 0.0750. The van der Waals surface area contributed by atoms with Crippen LogP contribution >= 0.6 is 22.9 Å². The van der Waals surface area contributed by atoms with E-state index in [1.165, 1.54) is 11.3 Å². The van der Waals surface area contributed by atoms with Crippen LogP contribution in [-0.2, 0) is 12.7 Å². The summed E-state index contributed by atoms with van der Waals surface area (Å²) in [5, 5.41) is 13.9. The van der Waals surface area contributed by atoms with Crippen molar-refractivity contribution >= 4 is 34.3 Å². The van der Waals surface area contributed by atoms with Crippen LogP contribution in [0.1, 0.15) is 15.4 Å². The Bertz CT molecular complexity index is 718. The zero-order valence-electron chi connectivity index (χ0n) is 11.1. The van der Waals surface area contributed by atoms with Crippen molar-refractivity contribution in [3.05, 3.63) is 48.9 Å². The molecule has 0 aliphatic heterocycles. The predicted octanol–water partition coefficient (Wildman–Crippen LogP) is 4.64. The molecule has 2 rings (SSSR count). The molecule has 1 aromatic carbocycles. The van der Waals surface area contributed by atoms with Gasteiger partial charge in [0.05, 0.1) is 27.1 Å². The summed E-state index contributed by atoms with van der Waals surface area (Å²) >= 11 is 6.96. The number of hydrogen-bond acceptors (Lipinski definition) is 5. The third-order valence-corrected chi connectivity index (χ3v) is 3.94. The van der Waals surface area contributed by atoms with Crippen LogP contribution in [0.3, 0.4) is 0 Å². The van der Waals surface area contributed by atoms with Gasteiger partial charge in [0.25, 0.3) is 5.69 Å². The van der Waals surface area contributed by atoms with Crippen molar-refractivity contribution in [3.8, 4) is 0 Å². The van der Waals surface area contributed by atoms with Crippen molar-refractivity contribution in [2.75, 3.05) is 5.32 Å². The second-order valence-corrected chi connectivity index (χ2v) is 6.03. The predicted molar refractivity (Wildman–Crippen MR) is 77.3 cm³/mol. The first-order chi connectivity index (χ1) is 10.2. The first-order valence-corrected chi connectivity index (χ1v) is 7.08. The Morgan fingerprint density at radius 2 is 2.14 bits per heavy atom. The molecule has 0 fully saturated rings. The van der Waals surface area contributed by atoms with E-state index < -0.39 is 27.4 Å². The molecule has 1 aromatic heterocycles. The fraction of sp³-hybridized carbons (Fsp3) is 0.250. The zero-order valence-corrected chi connectivity index (χ0v) is 12.6. The molecular formula is C12H9ClF3N3O2S. The highest BCUT2D eigenvalue weighted by molar-refractivity contribution is 7.11. The van der Waals surface area contributed by atoms with Crippen molar-refractivity contribution in [2.45, 2.75) is 19.6 Å². The SMILES string of the molecule is Cc1ncc(CNc2cc(Cl)c(C(F)(F)F)cc2[N+](=O)[O-])s1. The van der Waals surface area contributed by atoms with Crippen LogP contribution in [0.5, 0.6) is 0 Å². The first kappa shape index (κ1) is 16.5. The number of aryl methyl sites for hydroxylation is 1. The minimum Gasteiger partial charge on any atom is -0.374 e. The number of nitro groups is 1. The number of nitrogens with zero attached hydrogens (tertiary/aromatic N) is 2. The van der Waals surface area contributed by atoms with E-state index in [0.29, 0.717) is 6.07 Å². The number of halogens is 4. The van der Waals surface area contributed by atoms with Gasteiger partial charge in [-0.25, -0.2) is 4.98 Å². The number of rotatable bonds is 4. The second-order valence-electron chi connectivity index (χ2n) is 4.30. The largest absolute Gasteiger partial charge is 0.418 e. The number of alkyl halides is 3. The number of hydrogen-bond donors (Lipinski definition) is 1. The third kappa shape index (κ3) is 3.66. The topological polar surface area (TPSA) is 68.1 Å². The van der Waals surface area contributed by atoms with Gasteiger partial charge in [0, 0.05) is 17.1 Å². The van der Waals surface area contributed by atoms with E-state index in [4.69, 9.17) is 11.6 Å². The fourth-order valence-corrected chi connectivity index (χ4v) is 2.75. The summed E-state index contributed by atoms with van der Waals surface area (Å²) in [5.41, 5.74) is -1.99. The molecule has 0 saturated carbocycles. The summed E-state index contributed by atoms with van der Waals surface area (Å²) in [7, 11) is 0. The van der Waals surface area contributed by atoms with Crippen molar-refractivity contribution in [1.82, 2.24) is 4.98 Å². The summed E-state index contributed by atoms with van der Waals surface area (Å²) in [5.74, 6) is 0. The Kier molecular flexibility index (Phi) is 4.57. The Morgan fingerprint density at radius 3 is 2.64 bits per heavy atom. The lowest BCUT2D eigenvalue weighted by molar-refractivity contribution is -0.384. The van der Waals surface area contributed by atoms with Crippen LogP contribution in [-0.4, -0.2) is 9.91 Å². The van der Waals surface area contributed by atoms with Crippen molar-refractivity contribution in [2.24, 2.45) is 0 Å². The maximum atomic E-state index is 12.7.